The Bertz CT molecular complexity index is 999. The van der Waals surface area contributed by atoms with Gasteiger partial charge < -0.3 is 15.0 Å². The zero-order valence-electron chi connectivity index (χ0n) is 17.0. The SMILES string of the molecule is Cc1nc(COc2ccc(/C=C/C(=O)N3CCC(Nc4ccccc4)C3)cc2)cs1. The van der Waals surface area contributed by atoms with Crippen molar-refractivity contribution in [2.45, 2.75) is 26.0 Å². The number of benzene rings is 2. The van der Waals surface area contributed by atoms with E-state index in [0.717, 1.165) is 47.2 Å². The minimum absolute atomic E-state index is 0.0478. The van der Waals surface area contributed by atoms with Crippen molar-refractivity contribution in [1.29, 1.82) is 0 Å². The lowest BCUT2D eigenvalue weighted by molar-refractivity contribution is -0.124. The lowest BCUT2D eigenvalue weighted by atomic mass is 10.2. The smallest absolute Gasteiger partial charge is 0.246 e. The summed E-state index contributed by atoms with van der Waals surface area (Å²) in [5.41, 5.74) is 3.01. The Morgan fingerprint density at radius 1 is 1.23 bits per heavy atom. The predicted molar refractivity (Wildman–Crippen MR) is 122 cm³/mol. The van der Waals surface area contributed by atoms with Crippen LogP contribution in [0.5, 0.6) is 5.75 Å². The normalized spacial score (nSPS) is 16.2. The number of hydrogen-bond acceptors (Lipinski definition) is 5. The van der Waals surface area contributed by atoms with E-state index in [0.29, 0.717) is 12.6 Å². The summed E-state index contributed by atoms with van der Waals surface area (Å²) < 4.78 is 5.77. The molecule has 0 saturated carbocycles. The summed E-state index contributed by atoms with van der Waals surface area (Å²) in [6.45, 7) is 3.95. The van der Waals surface area contributed by atoms with Crippen LogP contribution >= 0.6 is 11.3 Å². The Kier molecular flexibility index (Phi) is 6.44. The van der Waals surface area contributed by atoms with E-state index in [1.807, 2.05) is 65.7 Å². The fraction of sp³-hybridized carbons (Fsp3) is 0.250. The molecule has 0 bridgehead atoms. The van der Waals surface area contributed by atoms with Crippen LogP contribution in [0, 0.1) is 6.92 Å². The Balaban J connectivity index is 1.25. The molecule has 0 aliphatic carbocycles. The molecule has 1 saturated heterocycles. The summed E-state index contributed by atoms with van der Waals surface area (Å²) in [5.74, 6) is 0.838. The first-order valence-corrected chi connectivity index (χ1v) is 11.0. The Morgan fingerprint density at radius 3 is 2.77 bits per heavy atom. The molecule has 4 rings (SSSR count). The molecule has 3 aromatic rings. The molecule has 0 radical (unpaired) electrons. The second-order valence-corrected chi connectivity index (χ2v) is 8.39. The fourth-order valence-electron chi connectivity index (χ4n) is 3.43. The van der Waals surface area contributed by atoms with Gasteiger partial charge in [-0.25, -0.2) is 4.98 Å². The number of amides is 1. The first-order chi connectivity index (χ1) is 14.7. The number of carbonyl (C=O) groups excluding carboxylic acids is 1. The van der Waals surface area contributed by atoms with Gasteiger partial charge >= 0.3 is 0 Å². The van der Waals surface area contributed by atoms with Gasteiger partial charge in [0.25, 0.3) is 0 Å². The number of rotatable bonds is 7. The standard InChI is InChI=1S/C24H25N3O2S/c1-18-25-22(17-30-18)16-29-23-10-7-19(8-11-23)9-12-24(28)27-14-13-21(15-27)26-20-5-3-2-4-6-20/h2-12,17,21,26H,13-16H2,1H3/b12-9+. The van der Waals surface area contributed by atoms with Crippen molar-refractivity contribution in [1.82, 2.24) is 9.88 Å². The van der Waals surface area contributed by atoms with E-state index in [1.54, 1.807) is 17.4 Å². The molecular formula is C24H25N3O2S. The molecule has 1 N–H and O–H groups in total. The zero-order chi connectivity index (χ0) is 20.8. The van der Waals surface area contributed by atoms with Crippen LogP contribution in [-0.4, -0.2) is 34.9 Å². The number of nitrogens with one attached hydrogen (secondary N) is 1. The lowest BCUT2D eigenvalue weighted by Gasteiger charge is -2.16. The van der Waals surface area contributed by atoms with Crippen LogP contribution in [-0.2, 0) is 11.4 Å². The van der Waals surface area contributed by atoms with Crippen LogP contribution in [0.1, 0.15) is 22.7 Å². The maximum atomic E-state index is 12.5. The minimum atomic E-state index is 0.0478. The first kappa shape index (κ1) is 20.2. The van der Waals surface area contributed by atoms with E-state index in [1.165, 1.54) is 0 Å². The van der Waals surface area contributed by atoms with Gasteiger partial charge in [-0.05, 0) is 49.2 Å². The quantitative estimate of drug-likeness (QED) is 0.561. The summed E-state index contributed by atoms with van der Waals surface area (Å²) in [4.78, 5) is 18.8. The van der Waals surface area contributed by atoms with E-state index in [4.69, 9.17) is 4.74 Å². The highest BCUT2D eigenvalue weighted by Crippen LogP contribution is 2.18. The molecule has 0 spiro atoms. The van der Waals surface area contributed by atoms with Gasteiger partial charge in [-0.3, -0.25) is 4.79 Å². The van der Waals surface area contributed by atoms with Crippen molar-refractivity contribution in [2.75, 3.05) is 18.4 Å². The van der Waals surface area contributed by atoms with Crippen LogP contribution < -0.4 is 10.1 Å². The van der Waals surface area contributed by atoms with Crippen LogP contribution in [0.2, 0.25) is 0 Å². The molecule has 6 heteroatoms. The second-order valence-electron chi connectivity index (χ2n) is 7.33. The van der Waals surface area contributed by atoms with Crippen molar-refractivity contribution in [3.63, 3.8) is 0 Å². The van der Waals surface area contributed by atoms with Crippen LogP contribution in [0.25, 0.3) is 6.08 Å². The van der Waals surface area contributed by atoms with Gasteiger partial charge in [0.2, 0.25) is 5.91 Å². The number of carbonyl (C=O) groups is 1. The van der Waals surface area contributed by atoms with Gasteiger partial charge in [-0.1, -0.05) is 30.3 Å². The average Bonchev–Trinajstić information content (AvgIpc) is 3.41. The van der Waals surface area contributed by atoms with Crippen molar-refractivity contribution in [3.05, 3.63) is 82.3 Å². The van der Waals surface area contributed by atoms with E-state index >= 15 is 0 Å². The van der Waals surface area contributed by atoms with Gasteiger partial charge in [0.15, 0.2) is 0 Å². The third kappa shape index (κ3) is 5.48. The largest absolute Gasteiger partial charge is 0.487 e. The minimum Gasteiger partial charge on any atom is -0.487 e. The maximum Gasteiger partial charge on any atom is 0.246 e. The van der Waals surface area contributed by atoms with Crippen molar-refractivity contribution < 1.29 is 9.53 Å². The van der Waals surface area contributed by atoms with Gasteiger partial charge in [-0.15, -0.1) is 11.3 Å². The number of ether oxygens (including phenoxy) is 1. The Labute approximate surface area is 181 Å². The van der Waals surface area contributed by atoms with E-state index in [-0.39, 0.29) is 5.91 Å². The lowest BCUT2D eigenvalue weighted by Crippen LogP contribution is -2.30. The molecule has 1 aliphatic rings. The Hall–Kier alpha value is -3.12. The molecule has 1 aliphatic heterocycles. The zero-order valence-corrected chi connectivity index (χ0v) is 17.8. The Morgan fingerprint density at radius 2 is 2.03 bits per heavy atom. The second kappa shape index (κ2) is 9.59. The monoisotopic (exact) mass is 419 g/mol. The molecule has 1 unspecified atom stereocenters. The third-order valence-electron chi connectivity index (χ3n) is 5.00. The van der Waals surface area contributed by atoms with E-state index in [2.05, 4.69) is 22.4 Å². The maximum absolute atomic E-state index is 12.5. The number of aromatic nitrogens is 1. The van der Waals surface area contributed by atoms with Crippen molar-refractivity contribution >= 4 is 29.0 Å². The summed E-state index contributed by atoms with van der Waals surface area (Å²) in [6, 6.07) is 18.2. The van der Waals surface area contributed by atoms with Crippen LogP contribution in [0.3, 0.4) is 0 Å². The number of para-hydroxylation sites is 1. The number of hydrogen-bond donors (Lipinski definition) is 1. The van der Waals surface area contributed by atoms with Gasteiger partial charge in [0.05, 0.1) is 10.7 Å². The van der Waals surface area contributed by atoms with E-state index in [9.17, 15) is 4.79 Å². The number of nitrogens with zero attached hydrogens (tertiary/aromatic N) is 2. The topological polar surface area (TPSA) is 54.5 Å². The van der Waals surface area contributed by atoms with Crippen LogP contribution in [0.15, 0.2) is 66.1 Å². The molecule has 1 aromatic heterocycles. The number of aryl methyl sites for hydroxylation is 1. The molecule has 2 heterocycles. The van der Waals surface area contributed by atoms with Gasteiger partial charge in [-0.2, -0.15) is 0 Å². The average molecular weight is 420 g/mol. The van der Waals surface area contributed by atoms with E-state index < -0.39 is 0 Å². The molecule has 154 valence electrons. The highest BCUT2D eigenvalue weighted by molar-refractivity contribution is 7.09. The summed E-state index contributed by atoms with van der Waals surface area (Å²) in [7, 11) is 0. The highest BCUT2D eigenvalue weighted by atomic mass is 32.1. The fourth-order valence-corrected chi connectivity index (χ4v) is 4.03. The highest BCUT2D eigenvalue weighted by Gasteiger charge is 2.24. The van der Waals surface area contributed by atoms with Crippen molar-refractivity contribution in [3.8, 4) is 5.75 Å². The molecule has 2 aromatic carbocycles. The first-order valence-electron chi connectivity index (χ1n) is 10.1. The van der Waals surface area contributed by atoms with Gasteiger partial charge in [0, 0.05) is 36.3 Å². The summed E-state index contributed by atoms with van der Waals surface area (Å²) in [6.07, 6.45) is 4.46. The molecule has 5 nitrogen and oxygen atoms in total. The summed E-state index contributed by atoms with van der Waals surface area (Å²) in [5, 5.41) is 6.55. The predicted octanol–water partition coefficient (Wildman–Crippen LogP) is 4.76. The number of likely N-dealkylation sites (tertiary alicyclic amines) is 1. The molecule has 1 atom stereocenters. The van der Waals surface area contributed by atoms with Crippen molar-refractivity contribution in [2.24, 2.45) is 0 Å². The van der Waals surface area contributed by atoms with Crippen LogP contribution in [0.4, 0.5) is 5.69 Å². The summed E-state index contributed by atoms with van der Waals surface area (Å²) >= 11 is 1.62. The molecule has 1 amide bonds. The molecule has 30 heavy (non-hydrogen) atoms. The number of anilines is 1. The number of thiazole rings is 1. The third-order valence-corrected chi connectivity index (χ3v) is 5.82. The van der Waals surface area contributed by atoms with Gasteiger partial charge in [0.1, 0.15) is 12.4 Å². The molecule has 1 fully saturated rings. The molecular weight excluding hydrogens is 394 g/mol.